The van der Waals surface area contributed by atoms with Crippen LogP contribution in [-0.2, 0) is 32.6 Å². The number of aliphatic hydroxyl groups excluding tert-OH is 1. The Morgan fingerprint density at radius 3 is 2.49 bits per heavy atom. The number of hydrogen-bond acceptors (Lipinski definition) is 13. The predicted octanol–water partition coefficient (Wildman–Crippen LogP) is 1.73. The SMILES string of the molecule is CC(C)OC(=O)OCOP(=O)(NC(C)C(=O)OC(C)C)OC[C@H]1S[C@@H](n2ccc(N)nc2=O)[C@@H](F)[C@@H]1O. The lowest BCUT2D eigenvalue weighted by molar-refractivity contribution is -0.149. The van der Waals surface area contributed by atoms with Gasteiger partial charge in [0.25, 0.3) is 0 Å². The smallest absolute Gasteiger partial charge is 0.462 e. The van der Waals surface area contributed by atoms with Gasteiger partial charge >= 0.3 is 25.6 Å². The number of carbonyl (C=O) groups excluding carboxylic acids is 2. The Balaban J connectivity index is 2.11. The highest BCUT2D eigenvalue weighted by atomic mass is 32.2. The number of anilines is 1. The van der Waals surface area contributed by atoms with Gasteiger partial charge in [-0.2, -0.15) is 4.98 Å². The van der Waals surface area contributed by atoms with Crippen LogP contribution in [0.15, 0.2) is 17.1 Å². The Labute approximate surface area is 216 Å². The van der Waals surface area contributed by atoms with E-state index >= 15 is 0 Å². The highest BCUT2D eigenvalue weighted by Crippen LogP contribution is 2.48. The normalized spacial score (nSPS) is 24.0. The van der Waals surface area contributed by atoms with Gasteiger partial charge in [-0.05, 0) is 40.7 Å². The van der Waals surface area contributed by atoms with Gasteiger partial charge in [-0.15, -0.1) is 11.8 Å². The minimum Gasteiger partial charge on any atom is -0.462 e. The van der Waals surface area contributed by atoms with Crippen LogP contribution in [-0.4, -0.2) is 76.0 Å². The number of nitrogens with zero attached hydrogens (tertiary/aromatic N) is 2. The third-order valence-electron chi connectivity index (χ3n) is 4.62. The van der Waals surface area contributed by atoms with Gasteiger partial charge in [0.15, 0.2) is 6.17 Å². The first-order chi connectivity index (χ1) is 17.2. The standard InChI is InChI=1S/C20H32FN4O10PS/c1-10(2)34-18(27)12(5)24-36(30,33-9-31-20(29)35-11(3)4)32-8-13-16(26)15(21)17(37-13)25-7-6-14(22)23-19(25)28/h6-7,10-13,15-17,26H,8-9H2,1-5H3,(H,24,30)(H2,22,23,28)/t12?,13-,15+,16-,17-,36?/m1/s1. The molecule has 1 aliphatic rings. The van der Waals surface area contributed by atoms with Crippen LogP contribution in [0, 0.1) is 0 Å². The van der Waals surface area contributed by atoms with Crippen LogP contribution in [0.5, 0.6) is 0 Å². The molecule has 2 heterocycles. The van der Waals surface area contributed by atoms with Gasteiger partial charge in [0.05, 0.1) is 24.1 Å². The summed E-state index contributed by atoms with van der Waals surface area (Å²) in [6, 6.07) is 0.122. The molecule has 0 aromatic carbocycles. The summed E-state index contributed by atoms with van der Waals surface area (Å²) >= 11 is 0.841. The minimum atomic E-state index is -4.40. The third-order valence-corrected chi connectivity index (χ3v) is 7.79. The van der Waals surface area contributed by atoms with Crippen molar-refractivity contribution < 1.29 is 46.9 Å². The zero-order valence-corrected chi connectivity index (χ0v) is 22.6. The first-order valence-corrected chi connectivity index (χ1v) is 13.7. The monoisotopic (exact) mass is 570 g/mol. The lowest BCUT2D eigenvalue weighted by Crippen LogP contribution is -2.37. The van der Waals surface area contributed by atoms with Crippen molar-refractivity contribution in [2.75, 3.05) is 19.1 Å². The van der Waals surface area contributed by atoms with Gasteiger partial charge in [0.1, 0.15) is 23.3 Å². The van der Waals surface area contributed by atoms with Crippen LogP contribution in [0.25, 0.3) is 0 Å². The number of nitrogen functional groups attached to an aromatic ring is 1. The van der Waals surface area contributed by atoms with Crippen molar-refractivity contribution in [1.82, 2.24) is 14.6 Å². The molecule has 2 rings (SSSR count). The molecule has 1 aromatic heterocycles. The van der Waals surface area contributed by atoms with E-state index in [4.69, 9.17) is 29.0 Å². The number of thioether (sulfide) groups is 1. The fourth-order valence-electron chi connectivity index (χ4n) is 2.96. The number of ether oxygens (including phenoxy) is 3. The van der Waals surface area contributed by atoms with Gasteiger partial charge in [-0.25, -0.2) is 23.6 Å². The number of nitrogens with two attached hydrogens (primary N) is 1. The number of esters is 1. The molecular formula is C20H32FN4O10PS. The molecule has 37 heavy (non-hydrogen) atoms. The van der Waals surface area contributed by atoms with Crippen LogP contribution < -0.4 is 16.5 Å². The summed E-state index contributed by atoms with van der Waals surface area (Å²) in [4.78, 5) is 39.4. The summed E-state index contributed by atoms with van der Waals surface area (Å²) in [7, 11) is -4.40. The van der Waals surface area contributed by atoms with Crippen molar-refractivity contribution in [2.45, 2.75) is 75.8 Å². The molecule has 14 nitrogen and oxygen atoms in total. The van der Waals surface area contributed by atoms with E-state index < -0.39 is 80.1 Å². The summed E-state index contributed by atoms with van der Waals surface area (Å²) in [5.74, 6) is -0.814. The molecule has 1 aromatic rings. The number of halogens is 1. The number of hydrogen-bond donors (Lipinski definition) is 3. The molecule has 4 N–H and O–H groups in total. The topological polar surface area (TPSA) is 191 Å². The molecule has 0 aliphatic carbocycles. The maximum Gasteiger partial charge on any atom is 0.510 e. The average molecular weight is 571 g/mol. The Morgan fingerprint density at radius 1 is 1.24 bits per heavy atom. The fourth-order valence-corrected chi connectivity index (χ4v) is 5.83. The quantitative estimate of drug-likeness (QED) is 0.187. The molecule has 0 radical (unpaired) electrons. The summed E-state index contributed by atoms with van der Waals surface area (Å²) in [5, 5.41) is 10.6. The van der Waals surface area contributed by atoms with Gasteiger partial charge in [0.2, 0.25) is 6.79 Å². The van der Waals surface area contributed by atoms with E-state index in [9.17, 15) is 28.4 Å². The van der Waals surface area contributed by atoms with E-state index in [-0.39, 0.29) is 5.82 Å². The minimum absolute atomic E-state index is 0.0474. The first-order valence-electron chi connectivity index (χ1n) is 11.3. The van der Waals surface area contributed by atoms with E-state index in [0.29, 0.717) is 0 Å². The lowest BCUT2D eigenvalue weighted by Gasteiger charge is -2.24. The van der Waals surface area contributed by atoms with Gasteiger partial charge in [-0.3, -0.25) is 18.4 Å². The van der Waals surface area contributed by atoms with Crippen molar-refractivity contribution in [3.05, 3.63) is 22.7 Å². The van der Waals surface area contributed by atoms with Crippen molar-refractivity contribution >= 4 is 37.5 Å². The molecule has 0 saturated carbocycles. The summed E-state index contributed by atoms with van der Waals surface area (Å²) in [6.45, 7) is 6.35. The fraction of sp³-hybridized carbons (Fsp3) is 0.700. The van der Waals surface area contributed by atoms with Gasteiger partial charge in [0, 0.05) is 6.20 Å². The van der Waals surface area contributed by atoms with Gasteiger partial charge < -0.3 is 25.1 Å². The molecule has 1 aliphatic heterocycles. The number of rotatable bonds is 12. The van der Waals surface area contributed by atoms with Crippen molar-refractivity contribution in [3.8, 4) is 0 Å². The molecule has 0 amide bonds. The van der Waals surface area contributed by atoms with E-state index in [0.717, 1.165) is 16.3 Å². The average Bonchev–Trinajstić information content (AvgIpc) is 3.05. The Morgan fingerprint density at radius 2 is 1.89 bits per heavy atom. The van der Waals surface area contributed by atoms with E-state index in [1.165, 1.54) is 19.2 Å². The molecule has 17 heteroatoms. The molecule has 1 saturated heterocycles. The van der Waals surface area contributed by atoms with E-state index in [1.54, 1.807) is 27.7 Å². The van der Waals surface area contributed by atoms with Crippen LogP contribution in [0.4, 0.5) is 15.0 Å². The van der Waals surface area contributed by atoms with Crippen molar-refractivity contribution in [1.29, 1.82) is 0 Å². The second-order valence-electron chi connectivity index (χ2n) is 8.48. The molecule has 1 fully saturated rings. The van der Waals surface area contributed by atoms with Crippen LogP contribution >= 0.6 is 19.5 Å². The number of aromatic nitrogens is 2. The second-order valence-corrected chi connectivity index (χ2v) is 11.6. The van der Waals surface area contributed by atoms with Crippen LogP contribution in [0.3, 0.4) is 0 Å². The van der Waals surface area contributed by atoms with E-state index in [1.807, 2.05) is 0 Å². The van der Waals surface area contributed by atoms with E-state index in [2.05, 4.69) is 10.1 Å². The maximum atomic E-state index is 14.9. The Hall–Kier alpha value is -2.23. The number of carbonyl (C=O) groups is 2. The maximum absolute atomic E-state index is 14.9. The summed E-state index contributed by atoms with van der Waals surface area (Å²) in [6.07, 6.45) is -4.30. The van der Waals surface area contributed by atoms with Crippen LogP contribution in [0.2, 0.25) is 0 Å². The molecule has 6 atom stereocenters. The second kappa shape index (κ2) is 13.5. The number of alkyl halides is 1. The summed E-state index contributed by atoms with van der Waals surface area (Å²) < 4.78 is 54.2. The molecule has 2 unspecified atom stereocenters. The zero-order chi connectivity index (χ0) is 27.9. The zero-order valence-electron chi connectivity index (χ0n) is 20.9. The Kier molecular flexibility index (Phi) is 11.3. The highest BCUT2D eigenvalue weighted by molar-refractivity contribution is 8.00. The highest BCUT2D eigenvalue weighted by Gasteiger charge is 2.46. The predicted molar refractivity (Wildman–Crippen MR) is 130 cm³/mol. The number of aliphatic hydroxyl groups is 1. The Bertz CT molecular complexity index is 1040. The largest absolute Gasteiger partial charge is 0.510 e. The molecular weight excluding hydrogens is 538 g/mol. The molecule has 0 spiro atoms. The van der Waals surface area contributed by atoms with Crippen LogP contribution in [0.1, 0.15) is 40.0 Å². The number of nitrogens with one attached hydrogen (secondary N) is 1. The molecule has 210 valence electrons. The van der Waals surface area contributed by atoms with Crippen molar-refractivity contribution in [2.24, 2.45) is 0 Å². The first kappa shape index (κ1) is 31.0. The third kappa shape index (κ3) is 9.23. The molecule has 0 bridgehead atoms. The summed E-state index contributed by atoms with van der Waals surface area (Å²) in [5.41, 5.74) is 4.65. The van der Waals surface area contributed by atoms with Gasteiger partial charge in [-0.1, -0.05) is 0 Å². The van der Waals surface area contributed by atoms with Crippen molar-refractivity contribution in [3.63, 3.8) is 0 Å². The lowest BCUT2D eigenvalue weighted by atomic mass is 10.1.